The van der Waals surface area contributed by atoms with Crippen LogP contribution in [0, 0.1) is 0 Å². The molecular formula is C30H31F3N2O6. The molecule has 3 rings (SSSR count). The first kappa shape index (κ1) is 30.9. The molecule has 41 heavy (non-hydrogen) atoms. The van der Waals surface area contributed by atoms with Crippen LogP contribution in [0.1, 0.15) is 40.7 Å². The zero-order valence-corrected chi connectivity index (χ0v) is 22.4. The van der Waals surface area contributed by atoms with Crippen LogP contribution >= 0.6 is 0 Å². The van der Waals surface area contributed by atoms with Crippen LogP contribution in [0.3, 0.4) is 0 Å². The second kappa shape index (κ2) is 14.6. The summed E-state index contributed by atoms with van der Waals surface area (Å²) in [6, 6.07) is 16.0. The van der Waals surface area contributed by atoms with E-state index in [1.807, 2.05) is 0 Å². The second-order valence-corrected chi connectivity index (χ2v) is 8.95. The van der Waals surface area contributed by atoms with E-state index >= 15 is 0 Å². The van der Waals surface area contributed by atoms with E-state index in [-0.39, 0.29) is 43.1 Å². The van der Waals surface area contributed by atoms with E-state index in [1.54, 1.807) is 48.5 Å². The number of hydrogen-bond donors (Lipinski definition) is 2. The first-order chi connectivity index (χ1) is 19.5. The van der Waals surface area contributed by atoms with Crippen LogP contribution in [-0.4, -0.2) is 38.4 Å². The number of methoxy groups -OCH3 is 1. The summed E-state index contributed by atoms with van der Waals surface area (Å²) in [4.78, 5) is 24.6. The largest absolute Gasteiger partial charge is 0.493 e. The number of nitrogen functional groups attached to an aromatic ring is 2. The lowest BCUT2D eigenvalue weighted by Crippen LogP contribution is -2.10. The Morgan fingerprint density at radius 3 is 2.34 bits per heavy atom. The molecule has 0 aromatic heterocycles. The van der Waals surface area contributed by atoms with Crippen LogP contribution in [0.5, 0.6) is 17.2 Å². The topological polar surface area (TPSA) is 123 Å². The summed E-state index contributed by atoms with van der Waals surface area (Å²) in [6.45, 7) is 0.236. The fourth-order valence-electron chi connectivity index (χ4n) is 3.65. The molecule has 0 saturated carbocycles. The number of hydrogen-bond acceptors (Lipinski definition) is 8. The van der Waals surface area contributed by atoms with E-state index in [1.165, 1.54) is 31.4 Å². The highest BCUT2D eigenvalue weighted by molar-refractivity contribution is 5.92. The molecule has 3 aromatic carbocycles. The third kappa shape index (κ3) is 10.4. The van der Waals surface area contributed by atoms with Crippen molar-refractivity contribution in [2.24, 2.45) is 0 Å². The predicted octanol–water partition coefficient (Wildman–Crippen LogP) is 5.99. The van der Waals surface area contributed by atoms with Crippen molar-refractivity contribution in [3.05, 3.63) is 83.4 Å². The van der Waals surface area contributed by atoms with Gasteiger partial charge in [0.25, 0.3) is 0 Å². The molecule has 4 N–H and O–H groups in total. The van der Waals surface area contributed by atoms with Gasteiger partial charge >= 0.3 is 18.1 Å². The summed E-state index contributed by atoms with van der Waals surface area (Å²) < 4.78 is 58.1. The molecule has 0 aliphatic heterocycles. The van der Waals surface area contributed by atoms with Gasteiger partial charge in [0.1, 0.15) is 5.75 Å². The first-order valence-corrected chi connectivity index (χ1v) is 12.7. The van der Waals surface area contributed by atoms with E-state index in [9.17, 15) is 22.8 Å². The van der Waals surface area contributed by atoms with Crippen LogP contribution < -0.4 is 25.7 Å². The van der Waals surface area contributed by atoms with Gasteiger partial charge in [0, 0.05) is 30.3 Å². The van der Waals surface area contributed by atoms with Gasteiger partial charge in [-0.15, -0.1) is 0 Å². The van der Waals surface area contributed by atoms with Gasteiger partial charge in [-0.25, -0.2) is 9.59 Å². The van der Waals surface area contributed by atoms with Gasteiger partial charge in [-0.1, -0.05) is 18.2 Å². The first-order valence-electron chi connectivity index (χ1n) is 12.7. The minimum Gasteiger partial charge on any atom is -0.493 e. The highest BCUT2D eigenvalue weighted by atomic mass is 19.4. The zero-order valence-electron chi connectivity index (χ0n) is 22.4. The normalized spacial score (nSPS) is 11.3. The number of carbonyl (C=O) groups is 2. The number of esters is 2. The van der Waals surface area contributed by atoms with Crippen molar-refractivity contribution in [2.75, 3.05) is 31.8 Å². The number of halogens is 3. The van der Waals surface area contributed by atoms with Crippen molar-refractivity contribution in [1.29, 1.82) is 0 Å². The lowest BCUT2D eigenvalue weighted by molar-refractivity contribution is -0.138. The van der Waals surface area contributed by atoms with Crippen LogP contribution in [0.25, 0.3) is 6.08 Å². The Hall–Kier alpha value is -4.67. The van der Waals surface area contributed by atoms with Gasteiger partial charge in [0.05, 0.1) is 25.9 Å². The fourth-order valence-corrected chi connectivity index (χ4v) is 3.65. The highest BCUT2D eigenvalue weighted by Crippen LogP contribution is 2.29. The molecule has 0 amide bonds. The third-order valence-corrected chi connectivity index (χ3v) is 5.80. The lowest BCUT2D eigenvalue weighted by atomic mass is 10.1. The molecule has 0 atom stereocenters. The Morgan fingerprint density at radius 1 is 0.902 bits per heavy atom. The van der Waals surface area contributed by atoms with E-state index < -0.39 is 24.5 Å². The molecule has 0 heterocycles. The minimum absolute atomic E-state index is 0.0455. The maximum atomic E-state index is 12.6. The molecule has 3 aromatic rings. The van der Waals surface area contributed by atoms with Crippen molar-refractivity contribution >= 4 is 29.4 Å². The van der Waals surface area contributed by atoms with Crippen LogP contribution in [0.15, 0.2) is 66.7 Å². The van der Waals surface area contributed by atoms with Crippen molar-refractivity contribution in [2.45, 2.75) is 31.9 Å². The van der Waals surface area contributed by atoms with Gasteiger partial charge < -0.3 is 30.4 Å². The standard InChI is InChI=1S/C30H31F3N2O6/c1-38-27-18-22(8-12-26(27)39-16-3-2-15-30(31,32)33)29(37)41-24-10-4-20(5-11-24)6-13-28(36)40-17-14-21-7-9-23(34)19-25(21)35/h4-13,18-19H,2-3,14-17,34-35H2,1H3/b13-6+. The maximum Gasteiger partial charge on any atom is 0.389 e. The number of nitrogens with two attached hydrogens (primary N) is 2. The van der Waals surface area contributed by atoms with Gasteiger partial charge in [-0.3, -0.25) is 0 Å². The average Bonchev–Trinajstić information content (AvgIpc) is 2.93. The number of anilines is 2. The molecule has 0 fully saturated rings. The molecule has 0 radical (unpaired) electrons. The Labute approximate surface area is 235 Å². The monoisotopic (exact) mass is 572 g/mol. The second-order valence-electron chi connectivity index (χ2n) is 8.95. The molecule has 0 unspecified atom stereocenters. The summed E-state index contributed by atoms with van der Waals surface area (Å²) >= 11 is 0. The lowest BCUT2D eigenvalue weighted by Gasteiger charge is -2.12. The molecule has 0 aliphatic carbocycles. The van der Waals surface area contributed by atoms with Crippen LogP contribution in [0.2, 0.25) is 0 Å². The van der Waals surface area contributed by atoms with E-state index in [0.717, 1.165) is 5.56 Å². The fraction of sp³-hybridized carbons (Fsp3) is 0.267. The molecule has 0 saturated heterocycles. The summed E-state index contributed by atoms with van der Waals surface area (Å²) in [5.74, 6) is -0.328. The summed E-state index contributed by atoms with van der Waals surface area (Å²) in [5.41, 5.74) is 14.4. The van der Waals surface area contributed by atoms with Crippen LogP contribution in [0.4, 0.5) is 24.5 Å². The number of carbonyl (C=O) groups excluding carboxylic acids is 2. The number of benzene rings is 3. The average molecular weight is 573 g/mol. The Bertz CT molecular complexity index is 1360. The molecule has 218 valence electrons. The number of ether oxygens (including phenoxy) is 4. The predicted molar refractivity (Wildman–Crippen MR) is 149 cm³/mol. The van der Waals surface area contributed by atoms with E-state index in [4.69, 9.17) is 30.4 Å². The van der Waals surface area contributed by atoms with Crippen molar-refractivity contribution in [3.63, 3.8) is 0 Å². The van der Waals surface area contributed by atoms with Crippen molar-refractivity contribution in [3.8, 4) is 17.2 Å². The Morgan fingerprint density at radius 2 is 1.66 bits per heavy atom. The third-order valence-electron chi connectivity index (χ3n) is 5.80. The van der Waals surface area contributed by atoms with Gasteiger partial charge in [0.2, 0.25) is 0 Å². The molecule has 8 nitrogen and oxygen atoms in total. The van der Waals surface area contributed by atoms with Crippen molar-refractivity contribution in [1.82, 2.24) is 0 Å². The molecular weight excluding hydrogens is 541 g/mol. The molecule has 0 aliphatic rings. The number of unbranched alkanes of at least 4 members (excludes halogenated alkanes) is 1. The van der Waals surface area contributed by atoms with Crippen LogP contribution in [-0.2, 0) is 16.0 Å². The molecule has 0 bridgehead atoms. The maximum absolute atomic E-state index is 12.6. The molecule has 11 heteroatoms. The molecule has 0 spiro atoms. The van der Waals surface area contributed by atoms with E-state index in [2.05, 4.69) is 0 Å². The quantitative estimate of drug-likeness (QED) is 0.0842. The Kier molecular flexibility index (Phi) is 11.0. The highest BCUT2D eigenvalue weighted by Gasteiger charge is 2.25. The summed E-state index contributed by atoms with van der Waals surface area (Å²) in [5, 5.41) is 0. The zero-order chi connectivity index (χ0) is 29.8. The van der Waals surface area contributed by atoms with E-state index in [0.29, 0.717) is 29.1 Å². The summed E-state index contributed by atoms with van der Waals surface area (Å²) in [7, 11) is 1.39. The van der Waals surface area contributed by atoms with Gasteiger partial charge in [-0.05, 0) is 72.5 Å². The summed E-state index contributed by atoms with van der Waals surface area (Å²) in [6.07, 6.45) is -1.57. The number of alkyl halides is 3. The SMILES string of the molecule is COc1cc(C(=O)Oc2ccc(/C=C/C(=O)OCCc3ccc(N)cc3N)cc2)ccc1OCCCCC(F)(F)F. The van der Waals surface area contributed by atoms with Crippen molar-refractivity contribution < 1.29 is 41.7 Å². The smallest absolute Gasteiger partial charge is 0.389 e. The number of rotatable bonds is 13. The van der Waals surface area contributed by atoms with Gasteiger partial charge in [0.15, 0.2) is 11.5 Å². The van der Waals surface area contributed by atoms with Gasteiger partial charge in [-0.2, -0.15) is 13.2 Å². The minimum atomic E-state index is -4.19. The Balaban J connectivity index is 1.47.